The number of hydrogen-bond acceptors (Lipinski definition) is 3. The van der Waals surface area contributed by atoms with E-state index in [1.54, 1.807) is 13.2 Å². The molecule has 1 aromatic carbocycles. The van der Waals surface area contributed by atoms with E-state index >= 15 is 0 Å². The predicted octanol–water partition coefficient (Wildman–Crippen LogP) is -3.24. The Hall–Kier alpha value is -0.606. The van der Waals surface area contributed by atoms with Gasteiger partial charge < -0.3 is 39.4 Å². The van der Waals surface area contributed by atoms with Gasteiger partial charge in [-0.2, -0.15) is 0 Å². The van der Waals surface area contributed by atoms with Crippen molar-refractivity contribution in [1.82, 2.24) is 0 Å². The maximum absolute atomic E-state index is 9.93. The van der Waals surface area contributed by atoms with Gasteiger partial charge in [0.15, 0.2) is 11.5 Å². The minimum Gasteiger partial charge on any atom is -1.00 e. The quantitative estimate of drug-likeness (QED) is 0.590. The number of halogens is 2. The second-order valence-electron chi connectivity index (χ2n) is 3.52. The summed E-state index contributed by atoms with van der Waals surface area (Å²) in [6, 6.07) is 3.64. The Balaban J connectivity index is 0. The number of aromatic hydroxyl groups is 1. The fraction of sp³-hybridized carbons (Fsp3) is 0.231. The Labute approximate surface area is 140 Å². The molecule has 0 bridgehead atoms. The molecule has 19 heavy (non-hydrogen) atoms. The van der Waals surface area contributed by atoms with E-state index in [0.717, 1.165) is 17.6 Å². The molecule has 1 N–H and O–H groups in total. The van der Waals surface area contributed by atoms with Crippen LogP contribution in [0.5, 0.6) is 17.2 Å². The van der Waals surface area contributed by atoms with Gasteiger partial charge in [0.25, 0.3) is 0 Å². The van der Waals surface area contributed by atoms with Gasteiger partial charge in [-0.25, -0.2) is 0 Å². The normalized spacial score (nSPS) is 11.6. The minimum atomic E-state index is 0. The summed E-state index contributed by atoms with van der Waals surface area (Å²) in [6.45, 7) is 0. The number of rotatable bonds is 3. The summed E-state index contributed by atoms with van der Waals surface area (Å²) in [6.07, 6.45) is 6.94. The third kappa shape index (κ3) is 4.18. The average Bonchev–Trinajstić information content (AvgIpc) is 2.82. The number of hydrogen-bond donors (Lipinski definition) is 1. The van der Waals surface area contributed by atoms with Crippen molar-refractivity contribution in [2.24, 2.45) is 0 Å². The molecule has 0 saturated heterocycles. The molecule has 2 rings (SSSR count). The average molecular weight is 337 g/mol. The first kappa shape index (κ1) is 20.7. The van der Waals surface area contributed by atoms with Gasteiger partial charge in [-0.1, -0.05) is 18.2 Å². The SMILES string of the molecule is COc1ccc(C2=CC=CC2)c(OC)c1O.[Cl-].[Cl-].[Ti+2]. The van der Waals surface area contributed by atoms with E-state index in [9.17, 15) is 5.11 Å². The molecule has 0 spiro atoms. The summed E-state index contributed by atoms with van der Waals surface area (Å²) in [5, 5.41) is 9.93. The van der Waals surface area contributed by atoms with Crippen LogP contribution in [0.4, 0.5) is 0 Å². The van der Waals surface area contributed by atoms with Gasteiger partial charge in [0.05, 0.1) is 14.2 Å². The van der Waals surface area contributed by atoms with Crippen molar-refractivity contribution >= 4 is 5.57 Å². The Morgan fingerprint density at radius 2 is 1.79 bits per heavy atom. The first-order valence-corrected chi connectivity index (χ1v) is 5.08. The standard InChI is InChI=1S/C13H14O3.2ClH.Ti/c1-15-11-8-7-10(9-5-3-4-6-9)13(16-2)12(11)14;;;/h3-5,7-8,14H,6H2,1-2H3;2*1H;/q;;;+2/p-2. The van der Waals surface area contributed by atoms with Crippen molar-refractivity contribution in [3.05, 3.63) is 35.9 Å². The molecule has 0 amide bonds. The van der Waals surface area contributed by atoms with Gasteiger partial charge in [-0.3, -0.25) is 0 Å². The van der Waals surface area contributed by atoms with Crippen LogP contribution in [0.25, 0.3) is 5.57 Å². The maximum atomic E-state index is 9.93. The second kappa shape index (κ2) is 9.32. The molecule has 1 aliphatic rings. The van der Waals surface area contributed by atoms with E-state index in [1.807, 2.05) is 18.2 Å². The molecule has 0 fully saturated rings. The van der Waals surface area contributed by atoms with Crippen LogP contribution in [0.15, 0.2) is 30.4 Å². The van der Waals surface area contributed by atoms with E-state index in [4.69, 9.17) is 9.47 Å². The maximum Gasteiger partial charge on any atom is 2.00 e. The fourth-order valence-electron chi connectivity index (χ4n) is 1.82. The molecule has 102 valence electrons. The first-order valence-electron chi connectivity index (χ1n) is 5.08. The molecular formula is C13H14Cl2O3Ti. The Morgan fingerprint density at radius 3 is 2.26 bits per heavy atom. The van der Waals surface area contributed by atoms with E-state index in [-0.39, 0.29) is 52.3 Å². The van der Waals surface area contributed by atoms with Crippen LogP contribution in [-0.4, -0.2) is 19.3 Å². The van der Waals surface area contributed by atoms with E-state index in [0.29, 0.717) is 11.5 Å². The van der Waals surface area contributed by atoms with Crippen molar-refractivity contribution in [2.45, 2.75) is 6.42 Å². The van der Waals surface area contributed by atoms with E-state index in [2.05, 4.69) is 6.08 Å². The zero-order chi connectivity index (χ0) is 11.5. The minimum absolute atomic E-state index is 0. The summed E-state index contributed by atoms with van der Waals surface area (Å²) in [7, 11) is 3.06. The van der Waals surface area contributed by atoms with Crippen LogP contribution >= 0.6 is 0 Å². The monoisotopic (exact) mass is 336 g/mol. The van der Waals surface area contributed by atoms with Crippen molar-refractivity contribution in [3.63, 3.8) is 0 Å². The number of methoxy groups -OCH3 is 2. The molecule has 0 aromatic heterocycles. The van der Waals surface area contributed by atoms with E-state index < -0.39 is 0 Å². The molecule has 3 nitrogen and oxygen atoms in total. The zero-order valence-corrected chi connectivity index (χ0v) is 13.7. The van der Waals surface area contributed by atoms with Crippen LogP contribution < -0.4 is 34.3 Å². The van der Waals surface area contributed by atoms with Crippen LogP contribution in [0.2, 0.25) is 0 Å². The first-order chi connectivity index (χ1) is 7.77. The van der Waals surface area contributed by atoms with Gasteiger partial charge >= 0.3 is 21.7 Å². The zero-order valence-electron chi connectivity index (χ0n) is 10.6. The number of phenols is 1. The summed E-state index contributed by atoms with van der Waals surface area (Å²) in [4.78, 5) is 0. The number of ether oxygens (including phenoxy) is 2. The third-order valence-electron chi connectivity index (χ3n) is 2.64. The Morgan fingerprint density at radius 1 is 1.11 bits per heavy atom. The van der Waals surface area contributed by atoms with Crippen LogP contribution in [0.1, 0.15) is 12.0 Å². The van der Waals surface area contributed by atoms with Crippen LogP contribution in [0, 0.1) is 0 Å². The van der Waals surface area contributed by atoms with Crippen LogP contribution in [-0.2, 0) is 21.7 Å². The van der Waals surface area contributed by atoms with Crippen molar-refractivity contribution < 1.29 is 61.1 Å². The van der Waals surface area contributed by atoms with Crippen molar-refractivity contribution in [1.29, 1.82) is 0 Å². The van der Waals surface area contributed by atoms with Crippen molar-refractivity contribution in [3.8, 4) is 17.2 Å². The molecule has 0 radical (unpaired) electrons. The smallest absolute Gasteiger partial charge is 1.00 e. The van der Waals surface area contributed by atoms with Gasteiger partial charge in [-0.05, 0) is 24.1 Å². The summed E-state index contributed by atoms with van der Waals surface area (Å²) in [5.74, 6) is 0.941. The molecule has 1 aromatic rings. The topological polar surface area (TPSA) is 38.7 Å². The largest absolute Gasteiger partial charge is 2.00 e. The summed E-state index contributed by atoms with van der Waals surface area (Å²) < 4.78 is 10.3. The molecule has 6 heteroatoms. The Kier molecular flexibility index (Phi) is 10.2. The third-order valence-corrected chi connectivity index (χ3v) is 2.64. The van der Waals surface area contributed by atoms with Crippen molar-refractivity contribution in [2.75, 3.05) is 14.2 Å². The molecule has 0 aliphatic heterocycles. The van der Waals surface area contributed by atoms with Gasteiger partial charge in [0, 0.05) is 5.56 Å². The molecule has 0 atom stereocenters. The summed E-state index contributed by atoms with van der Waals surface area (Å²) in [5.41, 5.74) is 2.04. The number of allylic oxidation sites excluding steroid dienone is 4. The molecule has 1 aliphatic carbocycles. The summed E-state index contributed by atoms with van der Waals surface area (Å²) >= 11 is 0. The van der Waals surface area contributed by atoms with E-state index in [1.165, 1.54) is 7.11 Å². The fourth-order valence-corrected chi connectivity index (χ4v) is 1.82. The molecule has 0 saturated carbocycles. The number of benzene rings is 1. The molecular weight excluding hydrogens is 323 g/mol. The van der Waals surface area contributed by atoms with Gasteiger partial charge in [0.1, 0.15) is 0 Å². The predicted molar refractivity (Wildman–Crippen MR) is 62.9 cm³/mol. The molecule has 0 unspecified atom stereocenters. The van der Waals surface area contributed by atoms with Crippen LogP contribution in [0.3, 0.4) is 0 Å². The molecule has 0 heterocycles. The number of phenolic OH excluding ortho intramolecular Hbond substituents is 1. The Bertz CT molecular complexity index is 473. The van der Waals surface area contributed by atoms with Gasteiger partial charge in [-0.15, -0.1) is 0 Å². The van der Waals surface area contributed by atoms with Gasteiger partial charge in [0.2, 0.25) is 5.75 Å². The second-order valence-corrected chi connectivity index (χ2v) is 3.52.